The van der Waals surface area contributed by atoms with Gasteiger partial charge < -0.3 is 5.32 Å². The smallest absolute Gasteiger partial charge is 0.252 e. The van der Waals surface area contributed by atoms with E-state index in [1.165, 1.54) is 54.6 Å². The van der Waals surface area contributed by atoms with Crippen LogP contribution < -0.4 is 10.5 Å². The molecule has 3 N–H and O–H groups in total. The molecular formula is C21H17FN2O4S. The lowest BCUT2D eigenvalue weighted by Crippen LogP contribution is -2.25. The molecule has 0 saturated heterocycles. The van der Waals surface area contributed by atoms with Gasteiger partial charge in [0.05, 0.1) is 10.5 Å². The van der Waals surface area contributed by atoms with Crippen molar-refractivity contribution in [3.05, 3.63) is 101 Å². The number of nitrogens with two attached hydrogens (primary N) is 1. The van der Waals surface area contributed by atoms with Crippen LogP contribution >= 0.6 is 0 Å². The van der Waals surface area contributed by atoms with E-state index in [-0.39, 0.29) is 28.1 Å². The summed E-state index contributed by atoms with van der Waals surface area (Å²) >= 11 is 0. The quantitative estimate of drug-likeness (QED) is 0.607. The molecule has 3 aromatic carbocycles. The Hall–Kier alpha value is -3.36. The predicted octanol–water partition coefficient (Wildman–Crippen LogP) is 2.63. The van der Waals surface area contributed by atoms with E-state index in [0.717, 1.165) is 0 Å². The summed E-state index contributed by atoms with van der Waals surface area (Å²) in [5.41, 5.74) is 1.12. The van der Waals surface area contributed by atoms with Crippen molar-refractivity contribution in [3.63, 3.8) is 0 Å². The average Bonchev–Trinajstić information content (AvgIpc) is 2.71. The normalized spacial score (nSPS) is 11.1. The van der Waals surface area contributed by atoms with Gasteiger partial charge in [-0.15, -0.1) is 0 Å². The van der Waals surface area contributed by atoms with Gasteiger partial charge in [0, 0.05) is 17.7 Å². The number of amides is 1. The minimum Gasteiger partial charge on any atom is -0.348 e. The maximum Gasteiger partial charge on any atom is 0.252 e. The van der Waals surface area contributed by atoms with Crippen LogP contribution in [0.2, 0.25) is 0 Å². The molecule has 0 unspecified atom stereocenters. The highest BCUT2D eigenvalue weighted by molar-refractivity contribution is 7.89. The number of primary sulfonamides is 1. The molecule has 148 valence electrons. The number of ketones is 1. The summed E-state index contributed by atoms with van der Waals surface area (Å²) < 4.78 is 36.0. The zero-order valence-corrected chi connectivity index (χ0v) is 15.9. The van der Waals surface area contributed by atoms with Crippen molar-refractivity contribution in [2.75, 3.05) is 0 Å². The molecule has 0 bridgehead atoms. The van der Waals surface area contributed by atoms with Crippen molar-refractivity contribution in [1.29, 1.82) is 0 Å². The Kier molecular flexibility index (Phi) is 5.86. The van der Waals surface area contributed by atoms with Crippen LogP contribution in [0, 0.1) is 5.82 Å². The molecular weight excluding hydrogens is 395 g/mol. The fourth-order valence-corrected chi connectivity index (χ4v) is 3.33. The molecule has 0 aliphatic heterocycles. The molecule has 0 fully saturated rings. The largest absolute Gasteiger partial charge is 0.348 e. The Labute approximate surface area is 167 Å². The van der Waals surface area contributed by atoms with Crippen LogP contribution in [0.3, 0.4) is 0 Å². The van der Waals surface area contributed by atoms with Crippen molar-refractivity contribution in [2.45, 2.75) is 11.4 Å². The molecule has 6 nitrogen and oxygen atoms in total. The topological polar surface area (TPSA) is 106 Å². The van der Waals surface area contributed by atoms with Gasteiger partial charge in [-0.2, -0.15) is 0 Å². The number of halogens is 1. The Bertz CT molecular complexity index is 1180. The Balaban J connectivity index is 1.80. The van der Waals surface area contributed by atoms with Crippen LogP contribution in [0.25, 0.3) is 0 Å². The van der Waals surface area contributed by atoms with Crippen molar-refractivity contribution >= 4 is 21.7 Å². The summed E-state index contributed by atoms with van der Waals surface area (Å²) in [4.78, 5) is 25.3. The molecule has 0 heterocycles. The first-order valence-corrected chi connectivity index (χ1v) is 10.1. The van der Waals surface area contributed by atoms with Gasteiger partial charge in [-0.05, 0) is 48.0 Å². The molecule has 3 aromatic rings. The standard InChI is InChI=1S/C21H17FN2O4S/c22-16-10-8-15(9-11-16)20(25)18-6-1-2-7-19(18)21(26)24-13-14-4-3-5-17(12-14)29(23,27)28/h1-12H,13H2,(H,24,26)(H2,23,27,28). The SMILES string of the molecule is NS(=O)(=O)c1cccc(CNC(=O)c2ccccc2C(=O)c2ccc(F)cc2)c1. The van der Waals surface area contributed by atoms with Gasteiger partial charge in [-0.25, -0.2) is 17.9 Å². The molecule has 0 saturated carbocycles. The lowest BCUT2D eigenvalue weighted by molar-refractivity contribution is 0.0939. The fourth-order valence-electron chi connectivity index (χ4n) is 2.75. The monoisotopic (exact) mass is 412 g/mol. The second-order valence-corrected chi connectivity index (χ2v) is 7.82. The maximum absolute atomic E-state index is 13.1. The van der Waals surface area contributed by atoms with Gasteiger partial charge in [0.2, 0.25) is 10.0 Å². The third kappa shape index (κ3) is 4.92. The molecule has 0 radical (unpaired) electrons. The number of hydrogen-bond acceptors (Lipinski definition) is 4. The van der Waals surface area contributed by atoms with Gasteiger partial charge in [-0.1, -0.05) is 30.3 Å². The predicted molar refractivity (Wildman–Crippen MR) is 105 cm³/mol. The first-order chi connectivity index (χ1) is 13.8. The van der Waals surface area contributed by atoms with Gasteiger partial charge in [0.15, 0.2) is 5.78 Å². The van der Waals surface area contributed by atoms with Crippen LogP contribution in [0.4, 0.5) is 4.39 Å². The van der Waals surface area contributed by atoms with E-state index in [1.54, 1.807) is 18.2 Å². The summed E-state index contributed by atoms with van der Waals surface area (Å²) in [6, 6.07) is 17.2. The molecule has 8 heteroatoms. The molecule has 0 aliphatic carbocycles. The van der Waals surface area contributed by atoms with Crippen LogP contribution in [0.5, 0.6) is 0 Å². The number of rotatable bonds is 6. The van der Waals surface area contributed by atoms with E-state index in [4.69, 9.17) is 5.14 Å². The number of carbonyl (C=O) groups is 2. The van der Waals surface area contributed by atoms with Gasteiger partial charge in [0.25, 0.3) is 5.91 Å². The maximum atomic E-state index is 13.1. The van der Waals surface area contributed by atoms with Crippen molar-refractivity contribution in [2.24, 2.45) is 5.14 Å². The lowest BCUT2D eigenvalue weighted by Gasteiger charge is -2.10. The molecule has 0 atom stereocenters. The van der Waals surface area contributed by atoms with Gasteiger partial charge in [-0.3, -0.25) is 9.59 Å². The summed E-state index contributed by atoms with van der Waals surface area (Å²) in [6.07, 6.45) is 0. The third-order valence-electron chi connectivity index (χ3n) is 4.20. The van der Waals surface area contributed by atoms with Crippen LogP contribution in [-0.2, 0) is 16.6 Å². The molecule has 0 spiro atoms. The van der Waals surface area contributed by atoms with E-state index in [1.807, 2.05) is 0 Å². The Morgan fingerprint density at radius 2 is 1.55 bits per heavy atom. The van der Waals surface area contributed by atoms with Crippen LogP contribution in [-0.4, -0.2) is 20.1 Å². The minimum absolute atomic E-state index is 0.0429. The first-order valence-electron chi connectivity index (χ1n) is 8.55. The number of sulfonamides is 1. The fraction of sp³-hybridized carbons (Fsp3) is 0.0476. The van der Waals surface area contributed by atoms with Gasteiger partial charge in [0.1, 0.15) is 5.82 Å². The minimum atomic E-state index is -3.85. The summed E-state index contributed by atoms with van der Waals surface area (Å²) in [5.74, 6) is -1.38. The second-order valence-electron chi connectivity index (χ2n) is 6.26. The van der Waals surface area contributed by atoms with E-state index < -0.39 is 27.5 Å². The molecule has 0 aromatic heterocycles. The van der Waals surface area contributed by atoms with E-state index >= 15 is 0 Å². The van der Waals surface area contributed by atoms with Crippen LogP contribution in [0.15, 0.2) is 77.7 Å². The zero-order chi connectivity index (χ0) is 21.0. The lowest BCUT2D eigenvalue weighted by atomic mass is 9.98. The average molecular weight is 412 g/mol. The Morgan fingerprint density at radius 1 is 0.897 bits per heavy atom. The van der Waals surface area contributed by atoms with E-state index in [2.05, 4.69) is 5.32 Å². The highest BCUT2D eigenvalue weighted by atomic mass is 32.2. The number of benzene rings is 3. The zero-order valence-electron chi connectivity index (χ0n) is 15.1. The molecule has 29 heavy (non-hydrogen) atoms. The second kappa shape index (κ2) is 8.34. The summed E-state index contributed by atoms with van der Waals surface area (Å²) in [5, 5.41) is 7.78. The van der Waals surface area contributed by atoms with E-state index in [0.29, 0.717) is 5.56 Å². The Morgan fingerprint density at radius 3 is 2.21 bits per heavy atom. The highest BCUT2D eigenvalue weighted by Gasteiger charge is 2.18. The molecule has 0 aliphatic rings. The molecule has 3 rings (SSSR count). The van der Waals surface area contributed by atoms with Crippen molar-refractivity contribution < 1.29 is 22.4 Å². The summed E-state index contributed by atoms with van der Waals surface area (Å²) in [6.45, 7) is 0.0429. The number of carbonyl (C=O) groups excluding carboxylic acids is 2. The molecule has 1 amide bonds. The first kappa shape index (κ1) is 20.4. The van der Waals surface area contributed by atoms with Crippen molar-refractivity contribution in [3.8, 4) is 0 Å². The van der Waals surface area contributed by atoms with E-state index in [9.17, 15) is 22.4 Å². The number of hydrogen-bond donors (Lipinski definition) is 2. The highest BCUT2D eigenvalue weighted by Crippen LogP contribution is 2.16. The third-order valence-corrected chi connectivity index (χ3v) is 5.11. The van der Waals surface area contributed by atoms with Gasteiger partial charge >= 0.3 is 0 Å². The number of nitrogens with one attached hydrogen (secondary N) is 1. The summed E-state index contributed by atoms with van der Waals surface area (Å²) in [7, 11) is -3.85. The van der Waals surface area contributed by atoms with Crippen molar-refractivity contribution in [1.82, 2.24) is 5.32 Å². The van der Waals surface area contributed by atoms with Crippen LogP contribution in [0.1, 0.15) is 31.8 Å².